The van der Waals surface area contributed by atoms with E-state index < -0.39 is 0 Å². The summed E-state index contributed by atoms with van der Waals surface area (Å²) < 4.78 is 0. The quantitative estimate of drug-likeness (QED) is 0.375. The van der Waals surface area contributed by atoms with Gasteiger partial charge in [0.05, 0.1) is 0 Å². The first kappa shape index (κ1) is 35.6. The average molecular weight is 249 g/mol. The van der Waals surface area contributed by atoms with Crippen molar-refractivity contribution in [2.45, 2.75) is 0 Å². The Morgan fingerprint density at radius 1 is 0.750 bits per heavy atom. The molecule has 0 amide bonds. The Kier molecular flexibility index (Phi) is 172. The number of halogens is 2. The minimum absolute atomic E-state index is 0. The summed E-state index contributed by atoms with van der Waals surface area (Å²) in [5, 5.41) is 0. The van der Waals surface area contributed by atoms with E-state index in [4.69, 9.17) is 0 Å². The second kappa shape index (κ2) is 19.3. The molecule has 0 fully saturated rings. The van der Waals surface area contributed by atoms with E-state index in [1.54, 1.807) is 0 Å². The third kappa shape index (κ3) is 8.92. The van der Waals surface area contributed by atoms with Crippen molar-refractivity contribution in [1.29, 1.82) is 0 Å². The van der Waals surface area contributed by atoms with Crippen molar-refractivity contribution in [3.05, 3.63) is 0 Å². The number of hydrogen-bond acceptors (Lipinski definition) is 0. The van der Waals surface area contributed by atoms with Gasteiger partial charge in [-0.2, -0.15) is 0 Å². The molecule has 0 unspecified atom stereocenters. The number of rotatable bonds is 0. The summed E-state index contributed by atoms with van der Waals surface area (Å²) in [5.41, 5.74) is 0. The Hall–Kier alpha value is 2.13. The minimum atomic E-state index is 0. The van der Waals surface area contributed by atoms with Gasteiger partial charge in [0.1, 0.15) is 0 Å². The van der Waals surface area contributed by atoms with Gasteiger partial charge in [0, 0.05) is 0 Å². The molecule has 0 aromatic rings. The Morgan fingerprint density at radius 3 is 0.750 bits per heavy atom. The fourth-order valence-electron chi connectivity index (χ4n) is 0. The summed E-state index contributed by atoms with van der Waals surface area (Å²) in [6, 6.07) is 0. The zero-order chi connectivity index (χ0) is 0. The molecule has 0 aliphatic heterocycles. The van der Waals surface area contributed by atoms with Crippen LogP contribution >= 0.6 is 0 Å². The molecular formula is CdCl2Zn+2. The van der Waals surface area contributed by atoms with E-state index in [-0.39, 0.29) is 71.6 Å². The first-order valence-corrected chi connectivity index (χ1v) is 0. The molecule has 0 spiro atoms. The maximum Gasteiger partial charge on any atom is 2.00 e. The molecule has 0 saturated heterocycles. The van der Waals surface area contributed by atoms with Gasteiger partial charge in [0.25, 0.3) is 0 Å². The van der Waals surface area contributed by atoms with Gasteiger partial charge in [-0.3, -0.25) is 0 Å². The van der Waals surface area contributed by atoms with Gasteiger partial charge in [-0.25, -0.2) is 0 Å². The van der Waals surface area contributed by atoms with Crippen LogP contribution in [0.4, 0.5) is 0 Å². The van der Waals surface area contributed by atoms with E-state index in [1.807, 2.05) is 0 Å². The van der Waals surface area contributed by atoms with Gasteiger partial charge >= 0.3 is 46.8 Å². The van der Waals surface area contributed by atoms with Gasteiger partial charge in [0.15, 0.2) is 0 Å². The molecule has 16 valence electrons. The molecule has 0 saturated carbocycles. The van der Waals surface area contributed by atoms with Crippen LogP contribution in [0.15, 0.2) is 0 Å². The zero-order valence-electron chi connectivity index (χ0n) is 2.17. The summed E-state index contributed by atoms with van der Waals surface area (Å²) in [6.07, 6.45) is 0. The fourth-order valence-corrected chi connectivity index (χ4v) is 0. The Balaban J connectivity index is 0. The van der Waals surface area contributed by atoms with Crippen LogP contribution in [-0.2, 0) is 46.8 Å². The maximum atomic E-state index is 0. The molecule has 0 bridgehead atoms. The molecule has 0 radical (unpaired) electrons. The van der Waals surface area contributed by atoms with Crippen LogP contribution in [0.1, 0.15) is 0 Å². The molecule has 0 N–H and O–H groups in total. The van der Waals surface area contributed by atoms with E-state index >= 15 is 0 Å². The SMILES string of the molecule is [Cd+2].[Cl-].[Cl-].[Zn+2]. The average Bonchev–Trinajstić information content (AvgIpc) is 0. The van der Waals surface area contributed by atoms with Crippen molar-refractivity contribution in [2.75, 3.05) is 0 Å². The second-order valence-corrected chi connectivity index (χ2v) is 0. The van der Waals surface area contributed by atoms with Crippen LogP contribution in [0.5, 0.6) is 0 Å². The first-order valence-electron chi connectivity index (χ1n) is 0. The molecule has 0 heterocycles. The molecule has 4 heteroatoms. The monoisotopic (exact) mass is 248 g/mol. The third-order valence-electron chi connectivity index (χ3n) is 0. The van der Waals surface area contributed by atoms with Crippen molar-refractivity contribution in [3.8, 4) is 0 Å². The van der Waals surface area contributed by atoms with Gasteiger partial charge < -0.3 is 24.8 Å². The Labute approximate surface area is 70.8 Å². The van der Waals surface area contributed by atoms with Crippen LogP contribution in [0.2, 0.25) is 0 Å². The predicted octanol–water partition coefficient (Wildman–Crippen LogP) is -6.00. The fraction of sp³-hybridized carbons (Fsp3) is 0. The Bertz CT molecular complexity index is 6.00. The van der Waals surface area contributed by atoms with Crippen molar-refractivity contribution in [1.82, 2.24) is 0 Å². The topological polar surface area (TPSA) is 0 Å². The number of hydrogen-bond donors (Lipinski definition) is 0. The van der Waals surface area contributed by atoms with Gasteiger partial charge in [-0.15, -0.1) is 0 Å². The molecule has 0 aliphatic rings. The van der Waals surface area contributed by atoms with Gasteiger partial charge in [-0.1, -0.05) is 0 Å². The first-order chi connectivity index (χ1) is 0. The van der Waals surface area contributed by atoms with Crippen LogP contribution in [0, 0.1) is 0 Å². The summed E-state index contributed by atoms with van der Waals surface area (Å²) in [5.74, 6) is 0. The van der Waals surface area contributed by atoms with Crippen molar-refractivity contribution in [2.24, 2.45) is 0 Å². The van der Waals surface area contributed by atoms with Crippen molar-refractivity contribution < 1.29 is 71.6 Å². The summed E-state index contributed by atoms with van der Waals surface area (Å²) in [4.78, 5) is 0. The van der Waals surface area contributed by atoms with Crippen LogP contribution in [0.3, 0.4) is 0 Å². The van der Waals surface area contributed by atoms with Crippen LogP contribution in [-0.4, -0.2) is 0 Å². The van der Waals surface area contributed by atoms with Crippen molar-refractivity contribution in [3.63, 3.8) is 0 Å². The molecule has 0 aromatic carbocycles. The smallest absolute Gasteiger partial charge is 1.00 e. The normalized spacial score (nSPS) is 0. The van der Waals surface area contributed by atoms with E-state index in [2.05, 4.69) is 0 Å². The van der Waals surface area contributed by atoms with E-state index in [1.165, 1.54) is 0 Å². The van der Waals surface area contributed by atoms with Gasteiger partial charge in [-0.05, 0) is 0 Å². The Morgan fingerprint density at radius 2 is 0.750 bits per heavy atom. The largest absolute Gasteiger partial charge is 2.00 e. The standard InChI is InChI=1S/Cd.2ClH.Zn/h;2*1H;/q+2;;;+2/p-2. The van der Waals surface area contributed by atoms with E-state index in [9.17, 15) is 0 Å². The predicted molar refractivity (Wildman–Crippen MR) is 0 cm³/mol. The van der Waals surface area contributed by atoms with E-state index in [0.717, 1.165) is 0 Å². The molecule has 4 heavy (non-hydrogen) atoms. The summed E-state index contributed by atoms with van der Waals surface area (Å²) in [6.45, 7) is 0. The third-order valence-corrected chi connectivity index (χ3v) is 0. The van der Waals surface area contributed by atoms with Crippen LogP contribution in [0.25, 0.3) is 0 Å². The minimum Gasteiger partial charge on any atom is -1.00 e. The molecule has 0 aliphatic carbocycles. The molecule has 0 rings (SSSR count). The van der Waals surface area contributed by atoms with E-state index in [0.29, 0.717) is 0 Å². The summed E-state index contributed by atoms with van der Waals surface area (Å²) >= 11 is 0. The molecule has 0 aromatic heterocycles. The summed E-state index contributed by atoms with van der Waals surface area (Å²) in [7, 11) is 0. The van der Waals surface area contributed by atoms with Gasteiger partial charge in [0.2, 0.25) is 0 Å². The molecule has 0 nitrogen and oxygen atoms in total. The zero-order valence-corrected chi connectivity index (χ0v) is 10.7. The molecular weight excluding hydrogens is 249 g/mol. The molecule has 0 atom stereocenters. The van der Waals surface area contributed by atoms with Crippen LogP contribution < -0.4 is 24.8 Å². The maximum absolute atomic E-state index is 0. The second-order valence-electron chi connectivity index (χ2n) is 0. The van der Waals surface area contributed by atoms with Crippen molar-refractivity contribution >= 4 is 0 Å².